The van der Waals surface area contributed by atoms with Gasteiger partial charge in [0, 0.05) is 31.8 Å². The molecule has 1 aliphatic carbocycles. The number of carbonyl (C=O) groups is 1. The van der Waals surface area contributed by atoms with Crippen LogP contribution in [0.5, 0.6) is 0 Å². The van der Waals surface area contributed by atoms with E-state index in [0.717, 1.165) is 19.3 Å². The summed E-state index contributed by atoms with van der Waals surface area (Å²) in [5.74, 6) is -4.06. The Morgan fingerprint density at radius 3 is 2.37 bits per heavy atom. The summed E-state index contributed by atoms with van der Waals surface area (Å²) in [5, 5.41) is 11.5. The number of nitrogens with zero attached hydrogens (tertiary/aromatic N) is 1. The first-order valence-corrected chi connectivity index (χ1v) is 9.91. The molecule has 4 nitrogen and oxygen atoms in total. The molecule has 2 fully saturated rings. The van der Waals surface area contributed by atoms with Gasteiger partial charge in [0.2, 0.25) is 5.92 Å². The molecule has 1 amide bonds. The van der Waals surface area contributed by atoms with Crippen molar-refractivity contribution in [3.05, 3.63) is 35.9 Å². The molecule has 2 aliphatic rings. The summed E-state index contributed by atoms with van der Waals surface area (Å²) in [5.41, 5.74) is 4.47. The fourth-order valence-electron chi connectivity index (χ4n) is 4.66. The average Bonchev–Trinajstić information content (AvgIpc) is 3.07. The van der Waals surface area contributed by atoms with Gasteiger partial charge in [-0.15, -0.1) is 0 Å². The van der Waals surface area contributed by atoms with E-state index in [-0.39, 0.29) is 18.3 Å². The van der Waals surface area contributed by atoms with Gasteiger partial charge in [0.1, 0.15) is 0 Å². The molecule has 27 heavy (non-hydrogen) atoms. The molecule has 1 heterocycles. The summed E-state index contributed by atoms with van der Waals surface area (Å²) in [7, 11) is 0. The Hall–Kier alpha value is -1.53. The molecular weight excluding hydrogens is 350 g/mol. The third-order valence-corrected chi connectivity index (χ3v) is 6.83. The summed E-state index contributed by atoms with van der Waals surface area (Å²) in [6, 6.07) is 8.57. The Balaban J connectivity index is 1.87. The minimum absolute atomic E-state index is 0.0298. The van der Waals surface area contributed by atoms with E-state index < -0.39 is 29.8 Å². The first-order valence-electron chi connectivity index (χ1n) is 9.91. The van der Waals surface area contributed by atoms with Crippen molar-refractivity contribution < 1.29 is 18.7 Å². The average molecular weight is 380 g/mol. The Bertz CT molecular complexity index is 653. The lowest BCUT2D eigenvalue weighted by molar-refractivity contribution is -0.162. The Labute approximate surface area is 159 Å². The Morgan fingerprint density at radius 2 is 1.89 bits per heavy atom. The number of carbonyl (C=O) groups excluding carboxylic acids is 1. The number of aliphatic hydroxyl groups is 1. The second-order valence-corrected chi connectivity index (χ2v) is 8.28. The van der Waals surface area contributed by atoms with Crippen LogP contribution in [-0.2, 0) is 10.4 Å². The first kappa shape index (κ1) is 20.2. The predicted molar refractivity (Wildman–Crippen MR) is 100 cm³/mol. The molecule has 150 valence electrons. The number of rotatable bonds is 5. The highest BCUT2D eigenvalue weighted by molar-refractivity contribution is 5.87. The van der Waals surface area contributed by atoms with Crippen LogP contribution in [0, 0.1) is 11.3 Å². The first-order chi connectivity index (χ1) is 12.8. The Kier molecular flexibility index (Phi) is 5.59. The van der Waals surface area contributed by atoms with Crippen molar-refractivity contribution in [2.24, 2.45) is 17.1 Å². The lowest BCUT2D eigenvalue weighted by atomic mass is 9.74. The molecule has 0 bridgehead atoms. The van der Waals surface area contributed by atoms with Crippen molar-refractivity contribution in [2.75, 3.05) is 19.6 Å². The van der Waals surface area contributed by atoms with E-state index in [1.54, 1.807) is 35.2 Å². The molecule has 1 aromatic rings. The van der Waals surface area contributed by atoms with Gasteiger partial charge in [0.05, 0.1) is 0 Å². The van der Waals surface area contributed by atoms with Crippen molar-refractivity contribution in [3.63, 3.8) is 0 Å². The van der Waals surface area contributed by atoms with Crippen LogP contribution in [0.2, 0.25) is 0 Å². The van der Waals surface area contributed by atoms with Crippen LogP contribution in [-0.4, -0.2) is 41.5 Å². The second kappa shape index (κ2) is 7.47. The highest BCUT2D eigenvalue weighted by Gasteiger charge is 2.55. The van der Waals surface area contributed by atoms with Gasteiger partial charge in [-0.3, -0.25) is 4.79 Å². The van der Waals surface area contributed by atoms with Crippen molar-refractivity contribution in [1.29, 1.82) is 0 Å². The summed E-state index contributed by atoms with van der Waals surface area (Å²) in [4.78, 5) is 15.1. The van der Waals surface area contributed by atoms with Gasteiger partial charge >= 0.3 is 0 Å². The molecule has 1 aromatic carbocycles. The van der Waals surface area contributed by atoms with Crippen LogP contribution in [0.1, 0.15) is 51.0 Å². The molecular formula is C21H30F2N2O2. The van der Waals surface area contributed by atoms with Gasteiger partial charge in [-0.2, -0.15) is 0 Å². The number of hydrogen-bond acceptors (Lipinski definition) is 3. The van der Waals surface area contributed by atoms with Gasteiger partial charge in [0.15, 0.2) is 5.60 Å². The molecule has 1 saturated carbocycles. The minimum Gasteiger partial charge on any atom is -0.375 e. The lowest BCUT2D eigenvalue weighted by Gasteiger charge is -2.44. The van der Waals surface area contributed by atoms with Gasteiger partial charge in [-0.05, 0) is 43.2 Å². The van der Waals surface area contributed by atoms with Crippen LogP contribution >= 0.6 is 0 Å². The van der Waals surface area contributed by atoms with Crippen LogP contribution in [0.15, 0.2) is 30.3 Å². The zero-order chi connectivity index (χ0) is 19.7. The molecule has 1 saturated heterocycles. The molecule has 1 aliphatic heterocycles. The van der Waals surface area contributed by atoms with Crippen molar-refractivity contribution in [1.82, 2.24) is 4.90 Å². The van der Waals surface area contributed by atoms with Crippen molar-refractivity contribution >= 4 is 5.91 Å². The zero-order valence-electron chi connectivity index (χ0n) is 16.0. The predicted octanol–water partition coefficient (Wildman–Crippen LogP) is 3.29. The zero-order valence-corrected chi connectivity index (χ0v) is 16.0. The SMILES string of the molecule is CCC1(CN)CCN(C(=O)C(O)(c2ccccc2)C2CCC(F)(F)C2)CC1. The number of halogens is 2. The van der Waals surface area contributed by atoms with Crippen LogP contribution < -0.4 is 5.73 Å². The standard InChI is InChI=1S/C21H30F2N2O2/c1-2-19(15-24)10-12-25(13-11-19)18(26)21(27,16-6-4-3-5-7-16)17-8-9-20(22,23)14-17/h3-7,17,27H,2,8-15,24H2,1H3. The third kappa shape index (κ3) is 3.74. The molecule has 6 heteroatoms. The highest BCUT2D eigenvalue weighted by Crippen LogP contribution is 2.48. The van der Waals surface area contributed by atoms with Crippen molar-refractivity contribution in [3.8, 4) is 0 Å². The number of likely N-dealkylation sites (tertiary alicyclic amines) is 1. The van der Waals surface area contributed by atoms with Gasteiger partial charge in [-0.1, -0.05) is 37.3 Å². The summed E-state index contributed by atoms with van der Waals surface area (Å²) in [6.45, 7) is 3.68. The van der Waals surface area contributed by atoms with E-state index >= 15 is 0 Å². The molecule has 3 rings (SSSR count). The minimum atomic E-state index is -2.83. The summed E-state index contributed by atoms with van der Waals surface area (Å²) >= 11 is 0. The van der Waals surface area contributed by atoms with E-state index in [1.807, 2.05) is 0 Å². The topological polar surface area (TPSA) is 66.6 Å². The number of amides is 1. The van der Waals surface area contributed by atoms with Crippen LogP contribution in [0.4, 0.5) is 8.78 Å². The maximum absolute atomic E-state index is 13.9. The smallest absolute Gasteiger partial charge is 0.259 e. The number of hydrogen-bond donors (Lipinski definition) is 2. The normalized spacial score (nSPS) is 26.6. The number of piperidine rings is 1. The number of nitrogens with two attached hydrogens (primary N) is 1. The second-order valence-electron chi connectivity index (χ2n) is 8.28. The molecule has 2 atom stereocenters. The van der Waals surface area contributed by atoms with E-state index in [9.17, 15) is 18.7 Å². The largest absolute Gasteiger partial charge is 0.375 e. The maximum Gasteiger partial charge on any atom is 0.259 e. The van der Waals surface area contributed by atoms with Gasteiger partial charge in [0.25, 0.3) is 5.91 Å². The van der Waals surface area contributed by atoms with E-state index in [0.29, 0.717) is 25.2 Å². The van der Waals surface area contributed by atoms with E-state index in [4.69, 9.17) is 5.73 Å². The van der Waals surface area contributed by atoms with E-state index in [2.05, 4.69) is 6.92 Å². The molecule has 2 unspecified atom stereocenters. The Morgan fingerprint density at radius 1 is 1.26 bits per heavy atom. The molecule has 0 radical (unpaired) electrons. The summed E-state index contributed by atoms with van der Waals surface area (Å²) < 4.78 is 27.8. The fourth-order valence-corrected chi connectivity index (χ4v) is 4.66. The van der Waals surface area contributed by atoms with Gasteiger partial charge < -0.3 is 15.7 Å². The summed E-state index contributed by atoms with van der Waals surface area (Å²) in [6.07, 6.45) is 1.89. The highest BCUT2D eigenvalue weighted by atomic mass is 19.3. The third-order valence-electron chi connectivity index (χ3n) is 6.83. The molecule has 0 aromatic heterocycles. The monoisotopic (exact) mass is 380 g/mol. The van der Waals surface area contributed by atoms with Crippen LogP contribution in [0.3, 0.4) is 0 Å². The number of alkyl halides is 2. The quantitative estimate of drug-likeness (QED) is 0.824. The van der Waals surface area contributed by atoms with Crippen LogP contribution in [0.25, 0.3) is 0 Å². The number of benzene rings is 1. The van der Waals surface area contributed by atoms with E-state index in [1.165, 1.54) is 0 Å². The van der Waals surface area contributed by atoms with Crippen molar-refractivity contribution in [2.45, 2.75) is 57.0 Å². The maximum atomic E-state index is 13.9. The fraction of sp³-hybridized carbons (Fsp3) is 0.667. The van der Waals surface area contributed by atoms with Gasteiger partial charge in [-0.25, -0.2) is 8.78 Å². The molecule has 3 N–H and O–H groups in total. The lowest BCUT2D eigenvalue weighted by Crippen LogP contribution is -2.55. The molecule has 0 spiro atoms.